The molecule has 2 aromatic rings. The number of nitrogens with one attached hydrogen (secondary N) is 1. The van der Waals surface area contributed by atoms with E-state index in [1.165, 1.54) is 0 Å². The third-order valence-electron chi connectivity index (χ3n) is 6.18. The number of benzene rings is 2. The van der Waals surface area contributed by atoms with Gasteiger partial charge in [-0.25, -0.2) is 9.59 Å². The molecular weight excluding hydrogens is 410 g/mol. The Hall–Kier alpha value is -3.39. The van der Waals surface area contributed by atoms with E-state index in [1.807, 2.05) is 37.3 Å². The van der Waals surface area contributed by atoms with Crippen LogP contribution in [0.2, 0.25) is 0 Å². The third-order valence-corrected chi connectivity index (χ3v) is 6.18. The van der Waals surface area contributed by atoms with E-state index in [9.17, 15) is 14.4 Å². The van der Waals surface area contributed by atoms with Crippen LogP contribution >= 0.6 is 0 Å². The largest absolute Gasteiger partial charge is 0.457 e. The molecule has 168 valence electrons. The van der Waals surface area contributed by atoms with Crippen molar-refractivity contribution in [3.63, 3.8) is 0 Å². The molecule has 0 aromatic heterocycles. The van der Waals surface area contributed by atoms with Gasteiger partial charge < -0.3 is 19.3 Å². The molecule has 32 heavy (non-hydrogen) atoms. The van der Waals surface area contributed by atoms with Gasteiger partial charge in [-0.15, -0.1) is 0 Å². The highest BCUT2D eigenvalue weighted by molar-refractivity contribution is 5.90. The molecule has 1 unspecified atom stereocenters. The molecule has 1 atom stereocenters. The second-order valence-electron chi connectivity index (χ2n) is 8.26. The van der Waals surface area contributed by atoms with Gasteiger partial charge in [-0.1, -0.05) is 30.3 Å². The molecule has 2 aromatic carbocycles. The number of rotatable bonds is 4. The van der Waals surface area contributed by atoms with Gasteiger partial charge in [0.15, 0.2) is 0 Å². The summed E-state index contributed by atoms with van der Waals surface area (Å²) in [6.07, 6.45) is 0.605. The van der Waals surface area contributed by atoms with Crippen molar-refractivity contribution in [3.8, 4) is 5.75 Å². The molecular formula is C24H27N3O5. The highest BCUT2D eigenvalue weighted by Gasteiger charge is 2.50. The molecule has 2 amide bonds. The lowest BCUT2D eigenvalue weighted by Gasteiger charge is -2.37. The van der Waals surface area contributed by atoms with E-state index in [0.717, 1.165) is 5.56 Å². The summed E-state index contributed by atoms with van der Waals surface area (Å²) in [4.78, 5) is 40.7. The lowest BCUT2D eigenvalue weighted by atomic mass is 9.87. The van der Waals surface area contributed by atoms with Gasteiger partial charge in [0.2, 0.25) is 5.91 Å². The first-order valence-electron chi connectivity index (χ1n) is 10.7. The van der Waals surface area contributed by atoms with Gasteiger partial charge in [0.1, 0.15) is 17.9 Å². The number of likely N-dealkylation sites (N-methyl/N-ethyl adjacent to an activating group) is 1. The van der Waals surface area contributed by atoms with Gasteiger partial charge in [-0.3, -0.25) is 10.1 Å². The fraction of sp³-hybridized carbons (Fsp3) is 0.375. The summed E-state index contributed by atoms with van der Waals surface area (Å²) in [7, 11) is 1.79. The van der Waals surface area contributed by atoms with Gasteiger partial charge in [-0.2, -0.15) is 0 Å². The van der Waals surface area contributed by atoms with Crippen LogP contribution in [-0.2, 0) is 16.1 Å². The molecule has 2 saturated heterocycles. The van der Waals surface area contributed by atoms with Crippen LogP contribution < -0.4 is 10.1 Å². The Balaban J connectivity index is 1.28. The Kier molecular flexibility index (Phi) is 6.14. The van der Waals surface area contributed by atoms with Gasteiger partial charge in [0.25, 0.3) is 0 Å². The van der Waals surface area contributed by atoms with E-state index in [0.29, 0.717) is 37.2 Å². The lowest BCUT2D eigenvalue weighted by Crippen LogP contribution is -2.56. The molecule has 2 fully saturated rings. The lowest BCUT2D eigenvalue weighted by molar-refractivity contribution is -0.133. The summed E-state index contributed by atoms with van der Waals surface area (Å²) in [5.41, 5.74) is 0.696. The predicted molar refractivity (Wildman–Crippen MR) is 117 cm³/mol. The molecule has 2 aliphatic rings. The molecule has 1 N–H and O–H groups in total. The molecule has 1 spiro atoms. The SMILES string of the molecule is CC1NC2(CCN(C(=O)Oc3ccc(C(=O)OCc4ccccc4)cc3)CC2)C(=O)N1C. The quantitative estimate of drug-likeness (QED) is 0.740. The van der Waals surface area contributed by atoms with E-state index in [4.69, 9.17) is 9.47 Å². The standard InChI is InChI=1S/C24H27N3O5/c1-17-25-24(22(29)26(17)2)12-14-27(15-13-24)23(30)32-20-10-8-19(9-11-20)21(28)31-16-18-6-4-3-5-7-18/h3-11,17,25H,12-16H2,1-2H3. The second-order valence-corrected chi connectivity index (χ2v) is 8.26. The number of ether oxygens (including phenoxy) is 2. The average Bonchev–Trinajstić information content (AvgIpc) is 3.02. The van der Waals surface area contributed by atoms with Gasteiger partial charge in [-0.05, 0) is 49.6 Å². The van der Waals surface area contributed by atoms with Gasteiger partial charge >= 0.3 is 12.1 Å². The minimum absolute atomic E-state index is 0.0149. The summed E-state index contributed by atoms with van der Waals surface area (Å²) in [5, 5.41) is 3.37. The third kappa shape index (κ3) is 4.45. The van der Waals surface area contributed by atoms with Gasteiger partial charge in [0, 0.05) is 20.1 Å². The zero-order valence-corrected chi connectivity index (χ0v) is 18.2. The zero-order valence-electron chi connectivity index (χ0n) is 18.2. The van der Waals surface area contributed by atoms with Crippen molar-refractivity contribution in [1.82, 2.24) is 15.1 Å². The van der Waals surface area contributed by atoms with Crippen molar-refractivity contribution in [3.05, 3.63) is 65.7 Å². The maximum Gasteiger partial charge on any atom is 0.415 e. The Morgan fingerprint density at radius 2 is 1.72 bits per heavy atom. The highest BCUT2D eigenvalue weighted by atomic mass is 16.6. The summed E-state index contributed by atoms with van der Waals surface area (Å²) in [6.45, 7) is 3.01. The van der Waals surface area contributed by atoms with Gasteiger partial charge in [0.05, 0.1) is 11.7 Å². The summed E-state index contributed by atoms with van der Waals surface area (Å²) in [6, 6.07) is 15.7. The van der Waals surface area contributed by atoms with Crippen molar-refractivity contribution in [2.45, 2.75) is 38.1 Å². The van der Waals surface area contributed by atoms with E-state index in [-0.39, 0.29) is 18.7 Å². The van der Waals surface area contributed by atoms with Crippen molar-refractivity contribution in [2.75, 3.05) is 20.1 Å². The van der Waals surface area contributed by atoms with Crippen molar-refractivity contribution >= 4 is 18.0 Å². The maximum absolute atomic E-state index is 12.6. The van der Waals surface area contributed by atoms with Crippen LogP contribution in [0.4, 0.5) is 4.79 Å². The molecule has 8 heteroatoms. The Bertz CT molecular complexity index is 984. The van der Waals surface area contributed by atoms with Crippen LogP contribution in [0.5, 0.6) is 5.75 Å². The number of carbonyl (C=O) groups is 3. The normalized spacial score (nSPS) is 19.8. The minimum atomic E-state index is -0.591. The highest BCUT2D eigenvalue weighted by Crippen LogP contribution is 2.30. The van der Waals surface area contributed by atoms with Crippen LogP contribution in [-0.4, -0.2) is 59.6 Å². The zero-order chi connectivity index (χ0) is 22.7. The number of hydrogen-bond donors (Lipinski definition) is 1. The molecule has 0 bridgehead atoms. The van der Waals surface area contributed by atoms with Crippen LogP contribution in [0.3, 0.4) is 0 Å². The van der Waals surface area contributed by atoms with Crippen molar-refractivity contribution in [2.24, 2.45) is 0 Å². The van der Waals surface area contributed by atoms with Crippen molar-refractivity contribution in [1.29, 1.82) is 0 Å². The maximum atomic E-state index is 12.6. The first-order valence-corrected chi connectivity index (χ1v) is 10.7. The summed E-state index contributed by atoms with van der Waals surface area (Å²) < 4.78 is 10.8. The predicted octanol–water partition coefficient (Wildman–Crippen LogP) is 2.78. The molecule has 4 rings (SSSR count). The first-order chi connectivity index (χ1) is 15.4. The monoisotopic (exact) mass is 437 g/mol. The van der Waals surface area contributed by atoms with Crippen LogP contribution in [0.25, 0.3) is 0 Å². The smallest absolute Gasteiger partial charge is 0.415 e. The average molecular weight is 437 g/mol. The first kappa shape index (κ1) is 21.8. The number of nitrogens with zero attached hydrogens (tertiary/aromatic N) is 2. The Morgan fingerprint density at radius 1 is 1.06 bits per heavy atom. The van der Waals surface area contributed by atoms with Crippen LogP contribution in [0, 0.1) is 0 Å². The number of hydrogen-bond acceptors (Lipinski definition) is 6. The molecule has 2 heterocycles. The molecule has 0 radical (unpaired) electrons. The number of esters is 1. The van der Waals surface area contributed by atoms with E-state index in [1.54, 1.807) is 41.1 Å². The molecule has 8 nitrogen and oxygen atoms in total. The minimum Gasteiger partial charge on any atom is -0.457 e. The Morgan fingerprint density at radius 3 is 2.31 bits per heavy atom. The number of amides is 2. The molecule has 2 aliphatic heterocycles. The van der Waals surface area contributed by atoms with E-state index >= 15 is 0 Å². The summed E-state index contributed by atoms with van der Waals surface area (Å²) >= 11 is 0. The summed E-state index contributed by atoms with van der Waals surface area (Å²) in [5.74, 6) is -0.0212. The molecule has 0 aliphatic carbocycles. The second kappa shape index (κ2) is 9.00. The number of likely N-dealkylation sites (tertiary alicyclic amines) is 1. The topological polar surface area (TPSA) is 88.2 Å². The fourth-order valence-corrected chi connectivity index (χ4v) is 4.13. The molecule has 0 saturated carbocycles. The van der Waals surface area contributed by atoms with Crippen LogP contribution in [0.1, 0.15) is 35.7 Å². The number of piperidine rings is 1. The van der Waals surface area contributed by atoms with E-state index < -0.39 is 17.6 Å². The fourth-order valence-electron chi connectivity index (χ4n) is 4.13. The number of carbonyl (C=O) groups excluding carboxylic acids is 3. The van der Waals surface area contributed by atoms with Crippen molar-refractivity contribution < 1.29 is 23.9 Å². The van der Waals surface area contributed by atoms with E-state index in [2.05, 4.69) is 5.32 Å². The Labute approximate surface area is 187 Å². The van der Waals surface area contributed by atoms with Crippen LogP contribution in [0.15, 0.2) is 54.6 Å².